The van der Waals surface area contributed by atoms with Gasteiger partial charge in [0.05, 0.1) is 5.52 Å². The van der Waals surface area contributed by atoms with E-state index in [4.69, 9.17) is 0 Å². The van der Waals surface area contributed by atoms with E-state index in [-0.39, 0.29) is 0 Å². The van der Waals surface area contributed by atoms with Gasteiger partial charge in [-0.15, -0.1) is 0 Å². The minimum Gasteiger partial charge on any atom is -0.340 e. The van der Waals surface area contributed by atoms with Gasteiger partial charge in [-0.1, -0.05) is 30.3 Å². The van der Waals surface area contributed by atoms with E-state index >= 15 is 0 Å². The van der Waals surface area contributed by atoms with Crippen molar-refractivity contribution in [3.63, 3.8) is 0 Å². The Kier molecular flexibility index (Phi) is 3.27. The van der Waals surface area contributed by atoms with Crippen LogP contribution in [0.2, 0.25) is 0 Å². The van der Waals surface area contributed by atoms with Gasteiger partial charge >= 0.3 is 0 Å². The summed E-state index contributed by atoms with van der Waals surface area (Å²) < 4.78 is 0. The molecule has 1 N–H and O–H groups in total. The SMILES string of the molecule is CN1CCN(c2nc3ncc(-c4ccccc4)cc3[nH]2)CC1. The largest absolute Gasteiger partial charge is 0.340 e. The van der Waals surface area contributed by atoms with E-state index in [1.807, 2.05) is 24.4 Å². The molecule has 0 spiro atoms. The van der Waals surface area contributed by atoms with Gasteiger partial charge < -0.3 is 14.8 Å². The first-order valence-electron chi connectivity index (χ1n) is 7.64. The van der Waals surface area contributed by atoms with E-state index in [2.05, 4.69) is 50.0 Å². The summed E-state index contributed by atoms with van der Waals surface area (Å²) >= 11 is 0. The third kappa shape index (κ3) is 2.44. The van der Waals surface area contributed by atoms with Crippen LogP contribution in [0.3, 0.4) is 0 Å². The van der Waals surface area contributed by atoms with Gasteiger partial charge in [-0.2, -0.15) is 4.98 Å². The molecule has 4 rings (SSSR count). The van der Waals surface area contributed by atoms with Crippen LogP contribution in [-0.2, 0) is 0 Å². The molecule has 0 unspecified atom stereocenters. The molecule has 22 heavy (non-hydrogen) atoms. The number of hydrogen-bond acceptors (Lipinski definition) is 4. The molecule has 1 aromatic carbocycles. The quantitative estimate of drug-likeness (QED) is 0.788. The van der Waals surface area contributed by atoms with Gasteiger partial charge in [-0.3, -0.25) is 0 Å². The molecule has 3 heterocycles. The van der Waals surface area contributed by atoms with Crippen molar-refractivity contribution < 1.29 is 0 Å². The van der Waals surface area contributed by atoms with Crippen molar-refractivity contribution in [2.45, 2.75) is 0 Å². The number of piperazine rings is 1. The summed E-state index contributed by atoms with van der Waals surface area (Å²) in [5.41, 5.74) is 4.07. The standard InChI is InChI=1S/C17H19N5/c1-21-7-9-22(10-8-21)17-19-15-11-14(12-18-16(15)20-17)13-5-3-2-4-6-13/h2-6,11-12H,7-10H2,1H3,(H,18,19,20). The Labute approximate surface area is 129 Å². The molecule has 3 aromatic rings. The van der Waals surface area contributed by atoms with Crippen molar-refractivity contribution in [1.29, 1.82) is 0 Å². The number of benzene rings is 1. The molecule has 1 aliphatic rings. The zero-order chi connectivity index (χ0) is 14.9. The molecule has 5 heteroatoms. The monoisotopic (exact) mass is 293 g/mol. The zero-order valence-electron chi connectivity index (χ0n) is 12.7. The summed E-state index contributed by atoms with van der Waals surface area (Å²) in [6, 6.07) is 12.4. The van der Waals surface area contributed by atoms with Gasteiger partial charge in [-0.25, -0.2) is 4.98 Å². The topological polar surface area (TPSA) is 48.1 Å². The van der Waals surface area contributed by atoms with E-state index in [1.54, 1.807) is 0 Å². The predicted molar refractivity (Wildman–Crippen MR) is 89.0 cm³/mol. The molecule has 0 saturated carbocycles. The van der Waals surface area contributed by atoms with Crippen LogP contribution in [0, 0.1) is 0 Å². The maximum atomic E-state index is 4.64. The Bertz CT molecular complexity index is 772. The van der Waals surface area contributed by atoms with Gasteiger partial charge in [0.1, 0.15) is 0 Å². The second-order valence-corrected chi connectivity index (χ2v) is 5.81. The number of imidazole rings is 1. The van der Waals surface area contributed by atoms with Crippen molar-refractivity contribution >= 4 is 17.1 Å². The number of pyridine rings is 1. The molecule has 0 atom stereocenters. The first-order chi connectivity index (χ1) is 10.8. The lowest BCUT2D eigenvalue weighted by Gasteiger charge is -2.31. The molecule has 1 saturated heterocycles. The van der Waals surface area contributed by atoms with Gasteiger partial charge in [0.15, 0.2) is 5.65 Å². The van der Waals surface area contributed by atoms with Gasteiger partial charge in [0.25, 0.3) is 0 Å². The number of H-pyrrole nitrogens is 1. The normalized spacial score (nSPS) is 16.3. The first-order valence-corrected chi connectivity index (χ1v) is 7.64. The van der Waals surface area contributed by atoms with Crippen LogP contribution in [0.15, 0.2) is 42.6 Å². The fourth-order valence-electron chi connectivity index (χ4n) is 2.84. The Hall–Kier alpha value is -2.40. The van der Waals surface area contributed by atoms with Crippen LogP contribution in [0.25, 0.3) is 22.3 Å². The molecule has 0 aliphatic carbocycles. The average molecular weight is 293 g/mol. The minimum atomic E-state index is 0.786. The Morgan fingerprint density at radius 3 is 2.55 bits per heavy atom. The minimum absolute atomic E-state index is 0.786. The summed E-state index contributed by atoms with van der Waals surface area (Å²) in [5, 5.41) is 0. The molecular formula is C17H19N5. The number of aromatic nitrogens is 3. The van der Waals surface area contributed by atoms with Crippen molar-refractivity contribution in [3.05, 3.63) is 42.6 Å². The summed E-state index contributed by atoms with van der Waals surface area (Å²) in [6.45, 7) is 4.14. The van der Waals surface area contributed by atoms with E-state index < -0.39 is 0 Å². The Morgan fingerprint density at radius 2 is 1.77 bits per heavy atom. The first kappa shape index (κ1) is 13.3. The number of nitrogens with one attached hydrogen (secondary N) is 1. The van der Waals surface area contributed by atoms with Crippen LogP contribution in [-0.4, -0.2) is 53.1 Å². The summed E-state index contributed by atoms with van der Waals surface area (Å²) in [4.78, 5) is 17.2. The molecule has 1 aliphatic heterocycles. The second-order valence-electron chi connectivity index (χ2n) is 5.81. The molecule has 2 aromatic heterocycles. The van der Waals surface area contributed by atoms with E-state index in [0.717, 1.165) is 48.9 Å². The van der Waals surface area contributed by atoms with Crippen LogP contribution in [0.4, 0.5) is 5.95 Å². The lowest BCUT2D eigenvalue weighted by atomic mass is 10.1. The van der Waals surface area contributed by atoms with E-state index in [9.17, 15) is 0 Å². The Morgan fingerprint density at radius 1 is 1.00 bits per heavy atom. The number of likely N-dealkylation sites (N-methyl/N-ethyl adjacent to an activating group) is 1. The summed E-state index contributed by atoms with van der Waals surface area (Å²) in [6.07, 6.45) is 1.90. The maximum absolute atomic E-state index is 4.64. The highest BCUT2D eigenvalue weighted by atomic mass is 15.3. The summed E-state index contributed by atoms with van der Waals surface area (Å²) in [7, 11) is 2.16. The highest BCUT2D eigenvalue weighted by molar-refractivity contribution is 5.79. The fraction of sp³-hybridized carbons (Fsp3) is 0.294. The average Bonchev–Trinajstić information content (AvgIpc) is 2.99. The molecule has 0 amide bonds. The number of aromatic amines is 1. The van der Waals surface area contributed by atoms with E-state index in [1.165, 1.54) is 5.56 Å². The highest BCUT2D eigenvalue weighted by Gasteiger charge is 2.17. The third-order valence-electron chi connectivity index (χ3n) is 4.23. The predicted octanol–water partition coefficient (Wildman–Crippen LogP) is 2.38. The number of fused-ring (bicyclic) bond motifs is 1. The molecule has 0 bridgehead atoms. The van der Waals surface area contributed by atoms with Crippen molar-refractivity contribution in [3.8, 4) is 11.1 Å². The molecule has 0 radical (unpaired) electrons. The van der Waals surface area contributed by atoms with Crippen LogP contribution < -0.4 is 4.90 Å². The van der Waals surface area contributed by atoms with Crippen LogP contribution in [0.1, 0.15) is 0 Å². The smallest absolute Gasteiger partial charge is 0.205 e. The molecular weight excluding hydrogens is 274 g/mol. The van der Waals surface area contributed by atoms with Gasteiger partial charge in [0.2, 0.25) is 5.95 Å². The highest BCUT2D eigenvalue weighted by Crippen LogP contribution is 2.23. The van der Waals surface area contributed by atoms with Crippen molar-refractivity contribution in [1.82, 2.24) is 19.9 Å². The van der Waals surface area contributed by atoms with Gasteiger partial charge in [-0.05, 0) is 18.7 Å². The third-order valence-corrected chi connectivity index (χ3v) is 4.23. The Balaban J connectivity index is 1.66. The fourth-order valence-corrected chi connectivity index (χ4v) is 2.84. The lowest BCUT2D eigenvalue weighted by molar-refractivity contribution is 0.311. The van der Waals surface area contributed by atoms with Crippen molar-refractivity contribution in [2.24, 2.45) is 0 Å². The number of hydrogen-bond donors (Lipinski definition) is 1. The second kappa shape index (κ2) is 5.42. The zero-order valence-corrected chi connectivity index (χ0v) is 12.7. The van der Waals surface area contributed by atoms with Crippen molar-refractivity contribution in [2.75, 3.05) is 38.1 Å². The van der Waals surface area contributed by atoms with Gasteiger partial charge in [0, 0.05) is 37.9 Å². The van der Waals surface area contributed by atoms with E-state index in [0.29, 0.717) is 0 Å². The lowest BCUT2D eigenvalue weighted by Crippen LogP contribution is -2.44. The molecule has 5 nitrogen and oxygen atoms in total. The molecule has 112 valence electrons. The summed E-state index contributed by atoms with van der Waals surface area (Å²) in [5.74, 6) is 0.931. The maximum Gasteiger partial charge on any atom is 0.205 e. The number of rotatable bonds is 2. The number of anilines is 1. The number of nitrogens with zero attached hydrogens (tertiary/aromatic N) is 4. The van der Waals surface area contributed by atoms with Crippen LogP contribution >= 0.6 is 0 Å². The molecule has 1 fully saturated rings. The van der Waals surface area contributed by atoms with Crippen LogP contribution in [0.5, 0.6) is 0 Å².